The summed E-state index contributed by atoms with van der Waals surface area (Å²) >= 11 is 6.16. The SMILES string of the molecule is C[C@H]1CN(S(=O)(=O)c2cc3cc(Cl)ccc3n2S(=O)(=O)c2ccccc2)CC(=O)N1Cc1ccc(-c2ccc(=O)n(C)n2)cc1. The Morgan fingerprint density at radius 3 is 2.24 bits per heavy atom. The van der Waals surface area contributed by atoms with Gasteiger partial charge in [-0.25, -0.2) is 25.5 Å². The monoisotopic (exact) mass is 665 g/mol. The zero-order chi connectivity index (χ0) is 32.1. The Hall–Kier alpha value is -4.30. The molecular formula is C31H28ClN5O6S2. The highest BCUT2D eigenvalue weighted by Crippen LogP contribution is 2.33. The fourth-order valence-electron chi connectivity index (χ4n) is 5.40. The molecule has 0 saturated carbocycles. The number of carbonyl (C=O) groups is 1. The molecule has 0 spiro atoms. The van der Waals surface area contributed by atoms with E-state index in [4.69, 9.17) is 11.6 Å². The molecule has 1 amide bonds. The maximum Gasteiger partial charge on any atom is 0.269 e. The quantitative estimate of drug-likeness (QED) is 0.259. The Balaban J connectivity index is 1.28. The van der Waals surface area contributed by atoms with Gasteiger partial charge in [-0.15, -0.1) is 0 Å². The number of hydrogen-bond acceptors (Lipinski definition) is 7. The minimum atomic E-state index is -4.47. The van der Waals surface area contributed by atoms with Crippen molar-refractivity contribution in [1.29, 1.82) is 0 Å². The Morgan fingerprint density at radius 2 is 1.58 bits per heavy atom. The number of hydrogen-bond donors (Lipinski definition) is 0. The Bertz CT molecular complexity index is 2220. The second-order valence-electron chi connectivity index (χ2n) is 10.8. The zero-order valence-corrected chi connectivity index (χ0v) is 26.6. The molecule has 3 heterocycles. The molecule has 0 aliphatic carbocycles. The van der Waals surface area contributed by atoms with Gasteiger partial charge in [0.25, 0.3) is 25.6 Å². The van der Waals surface area contributed by atoms with Crippen LogP contribution >= 0.6 is 11.6 Å². The van der Waals surface area contributed by atoms with Crippen LogP contribution in [0.2, 0.25) is 5.02 Å². The van der Waals surface area contributed by atoms with Gasteiger partial charge in [0.1, 0.15) is 0 Å². The molecule has 1 aliphatic rings. The molecular weight excluding hydrogens is 638 g/mol. The molecule has 11 nitrogen and oxygen atoms in total. The number of benzene rings is 3. The summed E-state index contributed by atoms with van der Waals surface area (Å²) in [6, 6.07) is 23.2. The van der Waals surface area contributed by atoms with E-state index in [1.54, 1.807) is 43.1 Å². The average molecular weight is 666 g/mol. The first-order valence-electron chi connectivity index (χ1n) is 13.9. The molecule has 1 atom stereocenters. The fourth-order valence-corrected chi connectivity index (χ4v) is 9.12. The van der Waals surface area contributed by atoms with Crippen molar-refractivity contribution in [2.75, 3.05) is 13.1 Å². The summed E-state index contributed by atoms with van der Waals surface area (Å²) in [6.07, 6.45) is 0. The van der Waals surface area contributed by atoms with Crippen LogP contribution in [-0.2, 0) is 38.4 Å². The van der Waals surface area contributed by atoms with Crippen LogP contribution in [0, 0.1) is 0 Å². The van der Waals surface area contributed by atoms with Crippen LogP contribution in [0.1, 0.15) is 12.5 Å². The van der Waals surface area contributed by atoms with Crippen molar-refractivity contribution in [2.24, 2.45) is 7.05 Å². The molecule has 0 unspecified atom stereocenters. The van der Waals surface area contributed by atoms with Gasteiger partial charge >= 0.3 is 0 Å². The number of carbonyl (C=O) groups excluding carboxylic acids is 1. The Labute approximate surface area is 265 Å². The third-order valence-corrected chi connectivity index (χ3v) is 11.6. The van der Waals surface area contributed by atoms with E-state index in [-0.39, 0.29) is 29.1 Å². The first-order valence-corrected chi connectivity index (χ1v) is 17.2. The van der Waals surface area contributed by atoms with Gasteiger partial charge in [0, 0.05) is 48.2 Å². The number of amides is 1. The lowest BCUT2D eigenvalue weighted by Crippen LogP contribution is -2.56. The first kappa shape index (κ1) is 30.7. The van der Waals surface area contributed by atoms with E-state index in [1.165, 1.54) is 47.1 Å². The molecule has 14 heteroatoms. The van der Waals surface area contributed by atoms with Gasteiger partial charge in [-0.2, -0.15) is 9.40 Å². The molecule has 6 rings (SSSR count). The van der Waals surface area contributed by atoms with Crippen LogP contribution in [0.3, 0.4) is 0 Å². The number of piperazine rings is 1. The molecule has 45 heavy (non-hydrogen) atoms. The van der Waals surface area contributed by atoms with Gasteiger partial charge in [-0.3, -0.25) is 9.59 Å². The third kappa shape index (κ3) is 5.68. The molecule has 0 N–H and O–H groups in total. The summed E-state index contributed by atoms with van der Waals surface area (Å²) in [5.41, 5.74) is 2.18. The van der Waals surface area contributed by atoms with E-state index in [1.807, 2.05) is 24.3 Å². The highest BCUT2D eigenvalue weighted by atomic mass is 35.5. The molecule has 0 radical (unpaired) electrons. The van der Waals surface area contributed by atoms with Gasteiger partial charge < -0.3 is 4.90 Å². The van der Waals surface area contributed by atoms with E-state index in [2.05, 4.69) is 5.10 Å². The average Bonchev–Trinajstić information content (AvgIpc) is 3.41. The summed E-state index contributed by atoms with van der Waals surface area (Å²) in [5.74, 6) is -0.419. The lowest BCUT2D eigenvalue weighted by atomic mass is 10.1. The minimum absolute atomic E-state index is 0.0399. The first-order chi connectivity index (χ1) is 21.4. The number of sulfonamides is 1. The van der Waals surface area contributed by atoms with E-state index < -0.39 is 43.6 Å². The van der Waals surface area contributed by atoms with Gasteiger partial charge in [0.2, 0.25) is 5.91 Å². The zero-order valence-electron chi connectivity index (χ0n) is 24.2. The number of halogens is 1. The Morgan fingerprint density at radius 1 is 0.867 bits per heavy atom. The van der Waals surface area contributed by atoms with Crippen LogP contribution in [0.15, 0.2) is 106 Å². The maximum absolute atomic E-state index is 14.1. The standard InChI is InChI=1S/C31H28ClN5O6S2/c1-21-18-35(20-30(39)36(21)19-22-8-10-23(11-9-22)27-13-15-29(38)34(2)33-27)45(42,43)31-17-24-16-25(32)12-14-28(24)37(31)44(40,41)26-6-4-3-5-7-26/h3-17,21H,18-20H2,1-2H3/t21-/m0/s1. The van der Waals surface area contributed by atoms with Gasteiger partial charge in [0.05, 0.1) is 22.7 Å². The van der Waals surface area contributed by atoms with Gasteiger partial charge in [-0.1, -0.05) is 54.1 Å². The molecule has 232 valence electrons. The van der Waals surface area contributed by atoms with Gasteiger partial charge in [0.15, 0.2) is 5.03 Å². The summed E-state index contributed by atoms with van der Waals surface area (Å²) in [5, 5.41) is 4.43. The van der Waals surface area contributed by atoms with E-state index in [0.717, 1.165) is 19.4 Å². The molecule has 1 fully saturated rings. The van der Waals surface area contributed by atoms with Crippen molar-refractivity contribution >= 4 is 48.5 Å². The van der Waals surface area contributed by atoms with E-state index >= 15 is 0 Å². The van der Waals surface area contributed by atoms with Crippen molar-refractivity contribution in [1.82, 2.24) is 23.0 Å². The smallest absolute Gasteiger partial charge is 0.269 e. The topological polar surface area (TPSA) is 132 Å². The summed E-state index contributed by atoms with van der Waals surface area (Å²) in [7, 11) is -7.24. The second-order valence-corrected chi connectivity index (χ2v) is 14.9. The maximum atomic E-state index is 14.1. The fraction of sp³-hybridized carbons (Fsp3) is 0.194. The second kappa shape index (κ2) is 11.6. The van der Waals surface area contributed by atoms with E-state index in [9.17, 15) is 26.4 Å². The molecule has 1 aliphatic heterocycles. The van der Waals surface area contributed by atoms with Crippen LogP contribution in [0.25, 0.3) is 22.2 Å². The van der Waals surface area contributed by atoms with E-state index in [0.29, 0.717) is 16.1 Å². The summed E-state index contributed by atoms with van der Waals surface area (Å²) in [6.45, 7) is 1.50. The number of aryl methyl sites for hydroxylation is 1. The highest BCUT2D eigenvalue weighted by Gasteiger charge is 2.40. The van der Waals surface area contributed by atoms with Crippen molar-refractivity contribution < 1.29 is 21.6 Å². The lowest BCUT2D eigenvalue weighted by molar-refractivity contribution is -0.137. The van der Waals surface area contributed by atoms with Crippen LogP contribution < -0.4 is 5.56 Å². The number of rotatable bonds is 7. The normalized spacial score (nSPS) is 16.4. The predicted molar refractivity (Wildman–Crippen MR) is 170 cm³/mol. The van der Waals surface area contributed by atoms with Crippen LogP contribution in [0.5, 0.6) is 0 Å². The lowest BCUT2D eigenvalue weighted by Gasteiger charge is -2.38. The van der Waals surface area contributed by atoms with Crippen molar-refractivity contribution in [3.05, 3.63) is 112 Å². The minimum Gasteiger partial charge on any atom is -0.333 e. The molecule has 1 saturated heterocycles. The summed E-state index contributed by atoms with van der Waals surface area (Å²) in [4.78, 5) is 26.6. The molecule has 3 aromatic carbocycles. The molecule has 0 bridgehead atoms. The number of nitrogens with zero attached hydrogens (tertiary/aromatic N) is 5. The van der Waals surface area contributed by atoms with Gasteiger partial charge in [-0.05, 0) is 55.0 Å². The van der Waals surface area contributed by atoms with Crippen molar-refractivity contribution in [2.45, 2.75) is 29.4 Å². The number of aromatic nitrogens is 3. The van der Waals surface area contributed by atoms with Crippen molar-refractivity contribution in [3.8, 4) is 11.3 Å². The predicted octanol–water partition coefficient (Wildman–Crippen LogP) is 3.71. The summed E-state index contributed by atoms with van der Waals surface area (Å²) < 4.78 is 59.0. The van der Waals surface area contributed by atoms with Crippen LogP contribution in [0.4, 0.5) is 0 Å². The van der Waals surface area contributed by atoms with Crippen LogP contribution in [-0.4, -0.2) is 64.8 Å². The Kier molecular flexibility index (Phi) is 7.89. The highest BCUT2D eigenvalue weighted by molar-refractivity contribution is 7.92. The third-order valence-electron chi connectivity index (χ3n) is 7.77. The molecule has 2 aromatic heterocycles. The largest absolute Gasteiger partial charge is 0.333 e. The number of fused-ring (bicyclic) bond motifs is 1. The molecule has 5 aromatic rings. The van der Waals surface area contributed by atoms with Crippen molar-refractivity contribution in [3.63, 3.8) is 0 Å².